The SMILES string of the molecule is C=C(C(=O)/C=C/C)c1ccccc1. The molecule has 1 rings (SSSR count). The predicted octanol–water partition coefficient (Wildman–Crippen LogP) is 2.85. The van der Waals surface area contributed by atoms with Crippen LogP contribution in [0, 0.1) is 0 Å². The highest BCUT2D eigenvalue weighted by Crippen LogP contribution is 2.12. The Labute approximate surface area is 78.4 Å². The van der Waals surface area contributed by atoms with Crippen molar-refractivity contribution >= 4 is 11.4 Å². The molecule has 13 heavy (non-hydrogen) atoms. The van der Waals surface area contributed by atoms with Crippen molar-refractivity contribution in [3.8, 4) is 0 Å². The second kappa shape index (κ2) is 4.41. The quantitative estimate of drug-likeness (QED) is 0.641. The molecule has 0 N–H and O–H groups in total. The molecule has 0 bridgehead atoms. The van der Waals surface area contributed by atoms with Gasteiger partial charge in [0.25, 0.3) is 0 Å². The highest BCUT2D eigenvalue weighted by Gasteiger charge is 2.03. The average molecular weight is 172 g/mol. The molecule has 0 unspecified atom stereocenters. The summed E-state index contributed by atoms with van der Waals surface area (Å²) in [6, 6.07) is 9.46. The summed E-state index contributed by atoms with van der Waals surface area (Å²) >= 11 is 0. The number of benzene rings is 1. The van der Waals surface area contributed by atoms with E-state index in [9.17, 15) is 4.79 Å². The van der Waals surface area contributed by atoms with Crippen LogP contribution in [-0.2, 0) is 4.79 Å². The molecule has 0 aliphatic carbocycles. The summed E-state index contributed by atoms with van der Waals surface area (Å²) < 4.78 is 0. The van der Waals surface area contributed by atoms with E-state index in [1.165, 1.54) is 6.08 Å². The van der Waals surface area contributed by atoms with Crippen LogP contribution in [0.25, 0.3) is 5.57 Å². The number of hydrogen-bond acceptors (Lipinski definition) is 1. The molecule has 66 valence electrons. The zero-order valence-corrected chi connectivity index (χ0v) is 7.66. The fourth-order valence-electron chi connectivity index (χ4n) is 1.03. The maximum absolute atomic E-state index is 11.4. The van der Waals surface area contributed by atoms with E-state index in [4.69, 9.17) is 0 Å². The zero-order chi connectivity index (χ0) is 9.68. The van der Waals surface area contributed by atoms with E-state index in [0.717, 1.165) is 5.56 Å². The molecule has 0 spiro atoms. The van der Waals surface area contributed by atoms with Crippen LogP contribution < -0.4 is 0 Å². The van der Waals surface area contributed by atoms with Crippen molar-refractivity contribution in [2.75, 3.05) is 0 Å². The fourth-order valence-corrected chi connectivity index (χ4v) is 1.03. The molecule has 0 radical (unpaired) electrons. The molecule has 0 heterocycles. The minimum atomic E-state index is -0.0336. The van der Waals surface area contributed by atoms with Gasteiger partial charge in [0.1, 0.15) is 0 Å². The molecule has 0 amide bonds. The van der Waals surface area contributed by atoms with Crippen LogP contribution in [0.4, 0.5) is 0 Å². The summed E-state index contributed by atoms with van der Waals surface area (Å²) in [5.74, 6) is -0.0336. The number of carbonyl (C=O) groups excluding carboxylic acids is 1. The monoisotopic (exact) mass is 172 g/mol. The van der Waals surface area contributed by atoms with Gasteiger partial charge in [-0.05, 0) is 18.6 Å². The smallest absolute Gasteiger partial charge is 0.185 e. The Morgan fingerprint density at radius 3 is 2.46 bits per heavy atom. The van der Waals surface area contributed by atoms with E-state index in [0.29, 0.717) is 5.57 Å². The Bertz CT molecular complexity index is 333. The molecule has 1 heteroatoms. The van der Waals surface area contributed by atoms with Gasteiger partial charge in [0.15, 0.2) is 5.78 Å². The van der Waals surface area contributed by atoms with Crippen LogP contribution in [0.3, 0.4) is 0 Å². The predicted molar refractivity (Wildman–Crippen MR) is 55.3 cm³/mol. The van der Waals surface area contributed by atoms with Crippen LogP contribution in [0.1, 0.15) is 12.5 Å². The van der Waals surface area contributed by atoms with Crippen molar-refractivity contribution in [3.63, 3.8) is 0 Å². The summed E-state index contributed by atoms with van der Waals surface area (Å²) in [5, 5.41) is 0. The van der Waals surface area contributed by atoms with E-state index in [1.807, 2.05) is 37.3 Å². The number of ketones is 1. The van der Waals surface area contributed by atoms with Gasteiger partial charge in [0.05, 0.1) is 0 Å². The van der Waals surface area contributed by atoms with Gasteiger partial charge in [-0.2, -0.15) is 0 Å². The Kier molecular flexibility index (Phi) is 3.21. The third kappa shape index (κ3) is 2.41. The lowest BCUT2D eigenvalue weighted by Crippen LogP contribution is -1.95. The molecule has 1 nitrogen and oxygen atoms in total. The van der Waals surface area contributed by atoms with E-state index >= 15 is 0 Å². The molecular formula is C12H12O. The molecule has 0 saturated heterocycles. The van der Waals surface area contributed by atoms with Crippen molar-refractivity contribution in [3.05, 3.63) is 54.6 Å². The van der Waals surface area contributed by atoms with Gasteiger partial charge in [0.2, 0.25) is 0 Å². The topological polar surface area (TPSA) is 17.1 Å². The van der Waals surface area contributed by atoms with Gasteiger partial charge in [-0.25, -0.2) is 0 Å². The molecule has 0 saturated carbocycles. The Balaban J connectivity index is 2.86. The minimum Gasteiger partial charge on any atom is -0.289 e. The molecule has 0 aromatic heterocycles. The second-order valence-electron chi connectivity index (χ2n) is 2.71. The van der Waals surface area contributed by atoms with Crippen LogP contribution in [-0.4, -0.2) is 5.78 Å². The van der Waals surface area contributed by atoms with Gasteiger partial charge >= 0.3 is 0 Å². The van der Waals surface area contributed by atoms with E-state index in [2.05, 4.69) is 6.58 Å². The van der Waals surface area contributed by atoms with Crippen molar-refractivity contribution in [2.45, 2.75) is 6.92 Å². The largest absolute Gasteiger partial charge is 0.289 e. The van der Waals surface area contributed by atoms with E-state index in [-0.39, 0.29) is 5.78 Å². The van der Waals surface area contributed by atoms with Crippen LogP contribution >= 0.6 is 0 Å². The summed E-state index contributed by atoms with van der Waals surface area (Å²) in [6.45, 7) is 5.56. The highest BCUT2D eigenvalue weighted by atomic mass is 16.1. The minimum absolute atomic E-state index is 0.0336. The molecule has 0 fully saturated rings. The standard InChI is InChI=1S/C12H12O/c1-3-7-12(13)10(2)11-8-5-4-6-9-11/h3-9H,2H2,1H3/b7-3+. The van der Waals surface area contributed by atoms with Gasteiger partial charge in [-0.15, -0.1) is 0 Å². The normalized spacial score (nSPS) is 10.2. The van der Waals surface area contributed by atoms with Crippen molar-refractivity contribution < 1.29 is 4.79 Å². The summed E-state index contributed by atoms with van der Waals surface area (Å²) in [5.41, 5.74) is 1.42. The lowest BCUT2D eigenvalue weighted by Gasteiger charge is -1.99. The molecule has 1 aromatic rings. The molecule has 0 aliphatic heterocycles. The first kappa shape index (κ1) is 9.46. The lowest BCUT2D eigenvalue weighted by atomic mass is 10.0. The van der Waals surface area contributed by atoms with Crippen LogP contribution in [0.15, 0.2) is 49.1 Å². The third-order valence-corrected chi connectivity index (χ3v) is 1.74. The fraction of sp³-hybridized carbons (Fsp3) is 0.0833. The summed E-state index contributed by atoms with van der Waals surface area (Å²) in [7, 11) is 0. The van der Waals surface area contributed by atoms with Gasteiger partial charge in [-0.3, -0.25) is 4.79 Å². The van der Waals surface area contributed by atoms with Crippen molar-refractivity contribution in [2.24, 2.45) is 0 Å². The van der Waals surface area contributed by atoms with Gasteiger partial charge in [-0.1, -0.05) is 43.0 Å². The van der Waals surface area contributed by atoms with Crippen molar-refractivity contribution in [1.82, 2.24) is 0 Å². The van der Waals surface area contributed by atoms with Crippen LogP contribution in [0.5, 0.6) is 0 Å². The molecular weight excluding hydrogens is 160 g/mol. The number of rotatable bonds is 3. The van der Waals surface area contributed by atoms with E-state index < -0.39 is 0 Å². The number of allylic oxidation sites excluding steroid dienone is 3. The Hall–Kier alpha value is -1.63. The maximum Gasteiger partial charge on any atom is 0.185 e. The Morgan fingerprint density at radius 1 is 1.31 bits per heavy atom. The maximum atomic E-state index is 11.4. The second-order valence-corrected chi connectivity index (χ2v) is 2.71. The first-order valence-corrected chi connectivity index (χ1v) is 4.17. The summed E-state index contributed by atoms with van der Waals surface area (Å²) in [6.07, 6.45) is 3.24. The van der Waals surface area contributed by atoms with Gasteiger partial charge < -0.3 is 0 Å². The number of hydrogen-bond donors (Lipinski definition) is 0. The molecule has 1 aromatic carbocycles. The lowest BCUT2D eigenvalue weighted by molar-refractivity contribution is -0.109. The van der Waals surface area contributed by atoms with Gasteiger partial charge in [0, 0.05) is 5.57 Å². The zero-order valence-electron chi connectivity index (χ0n) is 7.66. The molecule has 0 aliphatic rings. The first-order valence-electron chi connectivity index (χ1n) is 4.17. The number of carbonyl (C=O) groups is 1. The average Bonchev–Trinajstić information content (AvgIpc) is 2.18. The van der Waals surface area contributed by atoms with Crippen molar-refractivity contribution in [1.29, 1.82) is 0 Å². The van der Waals surface area contributed by atoms with E-state index in [1.54, 1.807) is 6.08 Å². The van der Waals surface area contributed by atoms with Crippen LogP contribution in [0.2, 0.25) is 0 Å². The summed E-state index contributed by atoms with van der Waals surface area (Å²) in [4.78, 5) is 11.4. The Morgan fingerprint density at radius 2 is 1.92 bits per heavy atom. The highest BCUT2D eigenvalue weighted by molar-refractivity contribution is 6.25. The third-order valence-electron chi connectivity index (χ3n) is 1.74. The first-order chi connectivity index (χ1) is 6.25. The molecule has 0 atom stereocenters.